The van der Waals surface area contributed by atoms with E-state index in [2.05, 4.69) is 15.3 Å². The molecule has 11 heteroatoms. The summed E-state index contributed by atoms with van der Waals surface area (Å²) in [6, 6.07) is 5.41. The van der Waals surface area contributed by atoms with Gasteiger partial charge >= 0.3 is 12.2 Å². The average Bonchev–Trinajstić information content (AvgIpc) is 3.12. The normalized spacial score (nSPS) is 18.6. The first-order valence-corrected chi connectivity index (χ1v) is 9.39. The Morgan fingerprint density at radius 3 is 2.73 bits per heavy atom. The summed E-state index contributed by atoms with van der Waals surface area (Å²) in [5, 5.41) is 4.60. The Morgan fingerprint density at radius 1 is 1.23 bits per heavy atom. The lowest BCUT2D eigenvalue weighted by Gasteiger charge is -2.35. The van der Waals surface area contributed by atoms with Crippen LogP contribution in [-0.4, -0.2) is 53.3 Å². The van der Waals surface area contributed by atoms with Crippen LogP contribution in [0.2, 0.25) is 0 Å². The van der Waals surface area contributed by atoms with Gasteiger partial charge in [0.2, 0.25) is 0 Å². The zero-order valence-corrected chi connectivity index (χ0v) is 16.0. The van der Waals surface area contributed by atoms with Crippen LogP contribution < -0.4 is 20.4 Å². The van der Waals surface area contributed by atoms with E-state index in [1.165, 1.54) is 11.0 Å². The highest BCUT2D eigenvalue weighted by Crippen LogP contribution is 2.39. The second kappa shape index (κ2) is 7.47. The summed E-state index contributed by atoms with van der Waals surface area (Å²) in [6.45, 7) is 2.18. The molecule has 2 aliphatic rings. The Bertz CT molecular complexity index is 968. The number of amides is 3. The molecule has 0 saturated carbocycles. The van der Waals surface area contributed by atoms with E-state index in [4.69, 9.17) is 0 Å². The molecule has 0 aliphatic carbocycles. The summed E-state index contributed by atoms with van der Waals surface area (Å²) >= 11 is 0. The molecule has 4 heterocycles. The molecule has 2 N–H and O–H groups in total. The molecule has 2 aliphatic heterocycles. The Hall–Kier alpha value is -3.37. The Kier molecular flexibility index (Phi) is 4.96. The number of pyridine rings is 2. The summed E-state index contributed by atoms with van der Waals surface area (Å²) in [6.07, 6.45) is -2.32. The third kappa shape index (κ3) is 3.74. The molecule has 2 aromatic heterocycles. The number of hydrogen-bond donors (Lipinski definition) is 2. The van der Waals surface area contributed by atoms with Crippen molar-refractivity contribution in [2.75, 3.05) is 28.2 Å². The van der Waals surface area contributed by atoms with Crippen LogP contribution in [0.5, 0.6) is 0 Å². The minimum absolute atomic E-state index is 0.166. The molecule has 30 heavy (non-hydrogen) atoms. The quantitative estimate of drug-likeness (QED) is 0.797. The fourth-order valence-electron chi connectivity index (χ4n) is 3.56. The largest absolute Gasteiger partial charge is 0.408 e. The average molecular weight is 420 g/mol. The minimum Gasteiger partial charge on any atom is -0.366 e. The zero-order chi connectivity index (χ0) is 21.5. The maximum absolute atomic E-state index is 13.0. The predicted molar refractivity (Wildman–Crippen MR) is 104 cm³/mol. The third-order valence-electron chi connectivity index (χ3n) is 5.14. The highest BCUT2D eigenvalue weighted by atomic mass is 19.4. The van der Waals surface area contributed by atoms with E-state index in [9.17, 15) is 22.8 Å². The molecular weight excluding hydrogens is 401 g/mol. The number of urea groups is 1. The number of alkyl halides is 3. The maximum atomic E-state index is 13.0. The van der Waals surface area contributed by atoms with Gasteiger partial charge in [0, 0.05) is 19.3 Å². The first-order chi connectivity index (χ1) is 14.2. The van der Waals surface area contributed by atoms with Gasteiger partial charge in [-0.3, -0.25) is 15.0 Å². The lowest BCUT2D eigenvalue weighted by molar-refractivity contribution is -0.149. The van der Waals surface area contributed by atoms with Crippen LogP contribution in [0.1, 0.15) is 23.8 Å². The van der Waals surface area contributed by atoms with Gasteiger partial charge < -0.3 is 10.2 Å². The number of nitrogens with one attached hydrogen (secondary N) is 2. The summed E-state index contributed by atoms with van der Waals surface area (Å²) in [4.78, 5) is 37.1. The number of halogens is 3. The monoisotopic (exact) mass is 420 g/mol. The molecular formula is C19H19F3N6O2. The van der Waals surface area contributed by atoms with Crippen molar-refractivity contribution < 1.29 is 22.8 Å². The number of anilines is 3. The SMILES string of the molecule is C[C@@H](NC(=O)c1ccc2c(n1)N(C(=O)Nc1ccccn1)[C@H]1CCN2C1)C(F)(F)F. The first-order valence-electron chi connectivity index (χ1n) is 9.39. The van der Waals surface area contributed by atoms with E-state index >= 15 is 0 Å². The molecule has 2 aromatic rings. The Labute approximate surface area is 170 Å². The van der Waals surface area contributed by atoms with Gasteiger partial charge in [0.05, 0.1) is 11.7 Å². The van der Waals surface area contributed by atoms with Gasteiger partial charge in [-0.2, -0.15) is 13.2 Å². The fourth-order valence-corrected chi connectivity index (χ4v) is 3.56. The Balaban J connectivity index is 1.63. The van der Waals surface area contributed by atoms with E-state index in [1.54, 1.807) is 30.5 Å². The second-order valence-corrected chi connectivity index (χ2v) is 7.18. The molecule has 0 unspecified atom stereocenters. The summed E-state index contributed by atoms with van der Waals surface area (Å²) in [5.74, 6) is -0.359. The first kappa shape index (κ1) is 19.9. The smallest absolute Gasteiger partial charge is 0.366 e. The minimum atomic E-state index is -4.57. The van der Waals surface area contributed by atoms with E-state index in [1.807, 2.05) is 10.2 Å². The topological polar surface area (TPSA) is 90.5 Å². The van der Waals surface area contributed by atoms with E-state index < -0.39 is 24.2 Å². The van der Waals surface area contributed by atoms with Crippen LogP contribution in [0.3, 0.4) is 0 Å². The maximum Gasteiger partial charge on any atom is 0.408 e. The molecule has 1 fully saturated rings. The van der Waals surface area contributed by atoms with Gasteiger partial charge in [-0.15, -0.1) is 0 Å². The van der Waals surface area contributed by atoms with Crippen LogP contribution in [-0.2, 0) is 0 Å². The molecule has 8 nitrogen and oxygen atoms in total. The highest BCUT2D eigenvalue weighted by Gasteiger charge is 2.41. The summed E-state index contributed by atoms with van der Waals surface area (Å²) in [5.41, 5.74) is 0.461. The van der Waals surface area contributed by atoms with Crippen LogP contribution in [0.4, 0.5) is 35.3 Å². The number of hydrogen-bond acceptors (Lipinski definition) is 5. The molecule has 2 bridgehead atoms. The van der Waals surface area contributed by atoms with Crippen molar-refractivity contribution in [2.24, 2.45) is 0 Å². The van der Waals surface area contributed by atoms with Gasteiger partial charge in [0.15, 0.2) is 5.82 Å². The molecule has 1 saturated heterocycles. The summed E-state index contributed by atoms with van der Waals surface area (Å²) < 4.78 is 38.3. The van der Waals surface area contributed by atoms with Gasteiger partial charge in [-0.05, 0) is 37.6 Å². The van der Waals surface area contributed by atoms with Crippen LogP contribution >= 0.6 is 0 Å². The third-order valence-corrected chi connectivity index (χ3v) is 5.14. The van der Waals surface area contributed by atoms with Crippen molar-refractivity contribution in [1.29, 1.82) is 0 Å². The fraction of sp³-hybridized carbons (Fsp3) is 0.368. The lowest BCUT2D eigenvalue weighted by Crippen LogP contribution is -2.49. The standard InChI is InChI=1S/C19H19F3N6O2/c1-11(19(20,21)22)24-17(29)13-5-6-14-16(25-13)28(12-7-9-27(14)10-12)18(30)26-15-4-2-3-8-23-15/h2-6,8,11-12H,7,9-10H2,1H3,(H,24,29)(H,23,26,30)/t11-,12+/m1/s1. The van der Waals surface area contributed by atoms with Gasteiger partial charge in [-0.25, -0.2) is 14.8 Å². The Morgan fingerprint density at radius 2 is 2.03 bits per heavy atom. The van der Waals surface area contributed by atoms with Crippen LogP contribution in [0.15, 0.2) is 36.5 Å². The highest BCUT2D eigenvalue weighted by molar-refractivity contribution is 6.05. The van der Waals surface area contributed by atoms with E-state index in [0.717, 1.165) is 6.92 Å². The van der Waals surface area contributed by atoms with Gasteiger partial charge in [0.25, 0.3) is 5.91 Å². The number of rotatable bonds is 3. The van der Waals surface area contributed by atoms with Gasteiger partial charge in [-0.1, -0.05) is 6.07 Å². The molecule has 2 atom stereocenters. The summed E-state index contributed by atoms with van der Waals surface area (Å²) in [7, 11) is 0. The number of nitrogens with zero attached hydrogens (tertiary/aromatic N) is 4. The van der Waals surface area contributed by atoms with Crippen molar-refractivity contribution >= 4 is 29.3 Å². The number of aromatic nitrogens is 2. The van der Waals surface area contributed by atoms with Crippen molar-refractivity contribution in [3.63, 3.8) is 0 Å². The number of carbonyl (C=O) groups excluding carboxylic acids is 2. The molecule has 0 radical (unpaired) electrons. The lowest BCUT2D eigenvalue weighted by atomic mass is 10.1. The van der Waals surface area contributed by atoms with E-state index in [0.29, 0.717) is 31.0 Å². The van der Waals surface area contributed by atoms with Crippen LogP contribution in [0.25, 0.3) is 0 Å². The van der Waals surface area contributed by atoms with Crippen LogP contribution in [0, 0.1) is 0 Å². The van der Waals surface area contributed by atoms with Gasteiger partial charge in [0.1, 0.15) is 17.6 Å². The van der Waals surface area contributed by atoms with Crippen molar-refractivity contribution in [2.45, 2.75) is 31.6 Å². The van der Waals surface area contributed by atoms with E-state index in [-0.39, 0.29) is 17.6 Å². The van der Waals surface area contributed by atoms with Crippen molar-refractivity contribution in [3.8, 4) is 0 Å². The second-order valence-electron chi connectivity index (χ2n) is 7.18. The molecule has 0 spiro atoms. The molecule has 0 aromatic carbocycles. The van der Waals surface area contributed by atoms with Crippen molar-refractivity contribution in [3.05, 3.63) is 42.2 Å². The number of fused-ring (bicyclic) bond motifs is 4. The molecule has 158 valence electrons. The molecule has 4 rings (SSSR count). The predicted octanol–water partition coefficient (Wildman–Crippen LogP) is 2.79. The molecule has 3 amide bonds. The zero-order valence-electron chi connectivity index (χ0n) is 16.0. The van der Waals surface area contributed by atoms with Crippen molar-refractivity contribution in [1.82, 2.24) is 15.3 Å². The number of carbonyl (C=O) groups is 2.